The van der Waals surface area contributed by atoms with E-state index in [1.165, 1.54) is 0 Å². The first-order valence-electron chi connectivity index (χ1n) is 9.27. The molecule has 2 saturated heterocycles. The molecule has 0 N–H and O–H groups in total. The lowest BCUT2D eigenvalue weighted by atomic mass is 9.94. The van der Waals surface area contributed by atoms with E-state index in [1.54, 1.807) is 35.2 Å². The van der Waals surface area contributed by atoms with Crippen molar-refractivity contribution in [3.63, 3.8) is 0 Å². The normalized spacial score (nSPS) is 40.9. The number of rotatable bonds is 7. The molecule has 1 unspecified atom stereocenters. The number of ether oxygens (including phenoxy) is 7. The van der Waals surface area contributed by atoms with E-state index < -0.39 is 36.2 Å². The summed E-state index contributed by atoms with van der Waals surface area (Å²) in [5.74, 6) is -2.22. The Balaban J connectivity index is 1.88. The van der Waals surface area contributed by atoms with Crippen LogP contribution < -0.4 is 0 Å². The summed E-state index contributed by atoms with van der Waals surface area (Å²) in [4.78, 5) is 0. The first-order valence-corrected chi connectivity index (χ1v) is 10.8. The molecule has 1 aromatic carbocycles. The van der Waals surface area contributed by atoms with Crippen molar-refractivity contribution >= 4 is 22.6 Å². The molecule has 2 aliphatic heterocycles. The molecule has 0 aromatic heterocycles. The quantitative estimate of drug-likeness (QED) is 0.415. The van der Waals surface area contributed by atoms with E-state index in [4.69, 9.17) is 33.2 Å². The average molecular weight is 508 g/mol. The molecule has 0 aliphatic carbocycles. The van der Waals surface area contributed by atoms with Gasteiger partial charge in [-0.2, -0.15) is 0 Å². The highest BCUT2D eigenvalue weighted by atomic mass is 127. The molecule has 158 valence electrons. The zero-order chi connectivity index (χ0) is 20.4. The maximum atomic E-state index is 6.44. The first kappa shape index (κ1) is 22.4. The lowest BCUT2D eigenvalue weighted by molar-refractivity contribution is -0.479. The maximum absolute atomic E-state index is 6.44. The highest BCUT2D eigenvalue weighted by Crippen LogP contribution is 2.44. The predicted molar refractivity (Wildman–Crippen MR) is 110 cm³/mol. The smallest absolute Gasteiger partial charge is 0.220 e. The summed E-state index contributed by atoms with van der Waals surface area (Å²) < 4.78 is 42.8. The van der Waals surface area contributed by atoms with Crippen molar-refractivity contribution in [3.05, 3.63) is 35.9 Å². The van der Waals surface area contributed by atoms with E-state index in [1.807, 2.05) is 30.3 Å². The van der Waals surface area contributed by atoms with Gasteiger partial charge in [-0.15, -0.1) is 0 Å². The monoisotopic (exact) mass is 508 g/mol. The zero-order valence-corrected chi connectivity index (χ0v) is 19.1. The topological polar surface area (TPSA) is 64.6 Å². The minimum absolute atomic E-state index is 0.233. The molecule has 7 atom stereocenters. The molecule has 2 fully saturated rings. The molecular weight excluding hydrogens is 479 g/mol. The van der Waals surface area contributed by atoms with Crippen LogP contribution in [0.2, 0.25) is 0 Å². The van der Waals surface area contributed by atoms with E-state index in [0.717, 1.165) is 5.56 Å². The highest BCUT2D eigenvalue weighted by Gasteiger charge is 2.62. The highest BCUT2D eigenvalue weighted by molar-refractivity contribution is 14.1. The number of alkyl halides is 1. The summed E-state index contributed by atoms with van der Waals surface area (Å²) in [6.07, 6.45) is -2.15. The third-order valence-electron chi connectivity index (χ3n) is 5.59. The van der Waals surface area contributed by atoms with Crippen LogP contribution in [0.15, 0.2) is 30.3 Å². The van der Waals surface area contributed by atoms with Crippen LogP contribution >= 0.6 is 22.6 Å². The Morgan fingerprint density at radius 2 is 1.57 bits per heavy atom. The summed E-state index contributed by atoms with van der Waals surface area (Å²) in [7, 11) is 4.75. The van der Waals surface area contributed by atoms with Crippen molar-refractivity contribution < 1.29 is 33.2 Å². The van der Waals surface area contributed by atoms with Crippen LogP contribution in [0.1, 0.15) is 19.4 Å². The summed E-state index contributed by atoms with van der Waals surface area (Å²) in [5, 5.41) is 0. The van der Waals surface area contributed by atoms with Crippen LogP contribution in [0.4, 0.5) is 0 Å². The van der Waals surface area contributed by atoms with Crippen molar-refractivity contribution in [2.24, 2.45) is 0 Å². The second kappa shape index (κ2) is 9.22. The van der Waals surface area contributed by atoms with Gasteiger partial charge in [0.05, 0.1) is 12.7 Å². The summed E-state index contributed by atoms with van der Waals surface area (Å²) in [6, 6.07) is 9.95. The minimum Gasteiger partial charge on any atom is -0.365 e. The number of halogens is 1. The molecular formula is C20H29IO7. The number of fused-ring (bicyclic) bond motifs is 1. The van der Waals surface area contributed by atoms with Crippen molar-refractivity contribution in [1.82, 2.24) is 0 Å². The third-order valence-corrected chi connectivity index (χ3v) is 6.45. The molecule has 2 heterocycles. The van der Waals surface area contributed by atoms with Gasteiger partial charge in [-0.1, -0.05) is 52.9 Å². The number of hydrogen-bond donors (Lipinski definition) is 0. The molecule has 8 heteroatoms. The zero-order valence-electron chi connectivity index (χ0n) is 16.9. The Morgan fingerprint density at radius 3 is 2.11 bits per heavy atom. The maximum Gasteiger partial charge on any atom is 0.220 e. The Hall–Kier alpha value is -0.330. The van der Waals surface area contributed by atoms with Crippen molar-refractivity contribution in [1.29, 1.82) is 0 Å². The predicted octanol–water partition coefficient (Wildman–Crippen LogP) is 2.89. The van der Waals surface area contributed by atoms with Crippen molar-refractivity contribution in [2.75, 3.05) is 25.8 Å². The fraction of sp³-hybridized carbons (Fsp3) is 0.700. The number of benzene rings is 1. The standard InChI is InChI=1S/C20H29IO7/c1-19(23-4)20(2,24-5)28-16-15(27-19)14(11-21)26-18(22-3)17(16)25-12-13-9-7-6-8-10-13/h6-10,14-18H,11-12H2,1-5H3/t14-,15-,16?,17+,18+,19+,20+/m1/s1. The van der Waals surface area contributed by atoms with Gasteiger partial charge in [-0.05, 0) is 19.4 Å². The molecule has 2 aliphatic rings. The van der Waals surface area contributed by atoms with E-state index in [-0.39, 0.29) is 6.10 Å². The van der Waals surface area contributed by atoms with Gasteiger partial charge in [0.15, 0.2) is 6.29 Å². The Kier molecular flexibility index (Phi) is 7.36. The molecule has 0 radical (unpaired) electrons. The van der Waals surface area contributed by atoms with Crippen LogP contribution in [0.5, 0.6) is 0 Å². The van der Waals surface area contributed by atoms with E-state index in [0.29, 0.717) is 11.0 Å². The van der Waals surface area contributed by atoms with Gasteiger partial charge >= 0.3 is 0 Å². The lowest BCUT2D eigenvalue weighted by Gasteiger charge is -2.57. The summed E-state index contributed by atoms with van der Waals surface area (Å²) in [6.45, 7) is 4.01. The van der Waals surface area contributed by atoms with Crippen LogP contribution in [0.3, 0.4) is 0 Å². The van der Waals surface area contributed by atoms with E-state index in [2.05, 4.69) is 22.6 Å². The van der Waals surface area contributed by atoms with Crippen molar-refractivity contribution in [3.8, 4) is 0 Å². The fourth-order valence-corrected chi connectivity index (χ4v) is 4.32. The van der Waals surface area contributed by atoms with Gasteiger partial charge in [0, 0.05) is 25.8 Å². The Bertz CT molecular complexity index is 632. The molecule has 1 aromatic rings. The fourth-order valence-electron chi connectivity index (χ4n) is 3.61. The molecule has 28 heavy (non-hydrogen) atoms. The van der Waals surface area contributed by atoms with E-state index >= 15 is 0 Å². The van der Waals surface area contributed by atoms with Crippen LogP contribution in [0, 0.1) is 0 Å². The van der Waals surface area contributed by atoms with Crippen LogP contribution in [0.25, 0.3) is 0 Å². The number of hydrogen-bond acceptors (Lipinski definition) is 7. The van der Waals surface area contributed by atoms with Gasteiger partial charge in [0.1, 0.15) is 18.3 Å². The second-order valence-electron chi connectivity index (χ2n) is 7.16. The second-order valence-corrected chi connectivity index (χ2v) is 8.04. The van der Waals surface area contributed by atoms with Gasteiger partial charge < -0.3 is 33.2 Å². The molecule has 0 bridgehead atoms. The van der Waals surface area contributed by atoms with Crippen LogP contribution in [-0.4, -0.2) is 68.0 Å². The van der Waals surface area contributed by atoms with Crippen molar-refractivity contribution in [2.45, 2.75) is 62.7 Å². The largest absolute Gasteiger partial charge is 0.365 e. The molecule has 0 spiro atoms. The molecule has 0 saturated carbocycles. The van der Waals surface area contributed by atoms with Crippen LogP contribution in [-0.2, 0) is 39.8 Å². The SMILES string of the molecule is CO[C@H]1O[C@H](CI)[C@H]2O[C@](C)(OC)[C@@](C)(OC)OC2[C@@H]1OCc1ccccc1. The molecule has 0 amide bonds. The third kappa shape index (κ3) is 4.11. The average Bonchev–Trinajstić information content (AvgIpc) is 2.73. The van der Waals surface area contributed by atoms with Gasteiger partial charge in [0.2, 0.25) is 11.6 Å². The number of methoxy groups -OCH3 is 3. The van der Waals surface area contributed by atoms with Gasteiger partial charge in [-0.3, -0.25) is 0 Å². The summed E-state index contributed by atoms with van der Waals surface area (Å²) >= 11 is 2.27. The van der Waals surface area contributed by atoms with E-state index in [9.17, 15) is 0 Å². The Labute approximate surface area is 180 Å². The summed E-state index contributed by atoms with van der Waals surface area (Å²) in [5.41, 5.74) is 1.05. The molecule has 3 rings (SSSR count). The molecule has 7 nitrogen and oxygen atoms in total. The Morgan fingerprint density at radius 1 is 0.964 bits per heavy atom. The van der Waals surface area contributed by atoms with Gasteiger partial charge in [-0.25, -0.2) is 0 Å². The van der Waals surface area contributed by atoms with Gasteiger partial charge in [0.25, 0.3) is 0 Å². The first-order chi connectivity index (χ1) is 13.4. The lowest BCUT2D eigenvalue weighted by Crippen LogP contribution is -2.73. The minimum atomic E-state index is -1.12.